The molecular weight excluding hydrogens is 621 g/mol. The van der Waals surface area contributed by atoms with Gasteiger partial charge in [0.2, 0.25) is 5.91 Å². The van der Waals surface area contributed by atoms with E-state index in [4.69, 9.17) is 0 Å². The van der Waals surface area contributed by atoms with Crippen LogP contribution in [0.3, 0.4) is 0 Å². The maximum absolute atomic E-state index is 14.3. The second-order valence-electron chi connectivity index (χ2n) is 11.9. The highest BCUT2D eigenvalue weighted by Gasteiger charge is 2.44. The molecule has 1 aromatic heterocycles. The zero-order valence-corrected chi connectivity index (χ0v) is 26.5. The highest BCUT2D eigenvalue weighted by atomic mass is 19.4. The van der Waals surface area contributed by atoms with E-state index in [0.717, 1.165) is 42.4 Å². The molecule has 0 aliphatic carbocycles. The minimum Gasteiger partial charge on any atom is -0.348 e. The van der Waals surface area contributed by atoms with E-state index in [0.29, 0.717) is 29.1 Å². The van der Waals surface area contributed by atoms with E-state index < -0.39 is 35.5 Å². The number of nitrogens with one attached hydrogen (secondary N) is 2. The van der Waals surface area contributed by atoms with E-state index in [1.807, 2.05) is 67.7 Å². The molecule has 0 radical (unpaired) electrons. The van der Waals surface area contributed by atoms with Gasteiger partial charge >= 0.3 is 6.18 Å². The number of anilines is 1. The highest BCUT2D eigenvalue weighted by Crippen LogP contribution is 2.42. The topological polar surface area (TPSA) is 99.6 Å². The maximum atomic E-state index is 14.3. The summed E-state index contributed by atoms with van der Waals surface area (Å²) in [5.41, 5.74) is 2.35. The molecule has 0 unspecified atom stereocenters. The van der Waals surface area contributed by atoms with Gasteiger partial charge in [-0.3, -0.25) is 19.3 Å². The van der Waals surface area contributed by atoms with Crippen molar-refractivity contribution >= 4 is 23.5 Å². The average molecular weight is 657 g/mol. The molecule has 2 N–H and O–H groups in total. The van der Waals surface area contributed by atoms with Gasteiger partial charge in [-0.2, -0.15) is 18.3 Å². The zero-order valence-electron chi connectivity index (χ0n) is 26.5. The lowest BCUT2D eigenvalue weighted by atomic mass is 9.81. The first-order valence-corrected chi connectivity index (χ1v) is 15.7. The smallest absolute Gasteiger partial charge is 0.348 e. The highest BCUT2D eigenvalue weighted by molar-refractivity contribution is 6.05. The van der Waals surface area contributed by atoms with Crippen LogP contribution in [0, 0.1) is 0 Å². The Morgan fingerprint density at radius 1 is 0.979 bits per heavy atom. The third-order valence-corrected chi connectivity index (χ3v) is 8.68. The molecule has 48 heavy (non-hydrogen) atoms. The van der Waals surface area contributed by atoms with E-state index >= 15 is 0 Å². The van der Waals surface area contributed by atoms with Crippen LogP contribution in [0.25, 0.3) is 5.69 Å². The number of nitrogens with zero attached hydrogens (tertiary/aromatic N) is 4. The second kappa shape index (κ2) is 13.5. The molecule has 2 aliphatic rings. The van der Waals surface area contributed by atoms with E-state index in [9.17, 15) is 27.6 Å². The summed E-state index contributed by atoms with van der Waals surface area (Å²) in [6, 6.07) is 19.6. The SMILES string of the molecule is CCN1C(=O)[C@@H](NC(=O)c2cccc(C(F)(F)F)c2)[C@H](c2cccc(CNC(=O)C3=CCCN(C)C3)c2)c2cnn(-c3ccccc3)c21. The number of fused-ring (bicyclic) bond motifs is 1. The largest absolute Gasteiger partial charge is 0.416 e. The first-order valence-electron chi connectivity index (χ1n) is 15.7. The minimum atomic E-state index is -4.64. The third-order valence-electron chi connectivity index (χ3n) is 8.68. The van der Waals surface area contributed by atoms with Gasteiger partial charge in [0.25, 0.3) is 11.8 Å². The summed E-state index contributed by atoms with van der Waals surface area (Å²) in [5, 5.41) is 10.4. The molecule has 0 saturated carbocycles. The van der Waals surface area contributed by atoms with Gasteiger partial charge < -0.3 is 15.5 Å². The molecular formula is C36H35F3N6O3. The molecule has 248 valence electrons. The fourth-order valence-electron chi connectivity index (χ4n) is 6.33. The summed E-state index contributed by atoms with van der Waals surface area (Å²) in [7, 11) is 1.96. The van der Waals surface area contributed by atoms with Crippen molar-refractivity contribution in [3.05, 3.63) is 125 Å². The maximum Gasteiger partial charge on any atom is 0.416 e. The molecule has 0 saturated heterocycles. The molecule has 6 rings (SSSR count). The Kier molecular flexibility index (Phi) is 9.18. The Morgan fingerprint density at radius 3 is 2.48 bits per heavy atom. The molecule has 0 fully saturated rings. The van der Waals surface area contributed by atoms with Crippen LogP contribution < -0.4 is 15.5 Å². The van der Waals surface area contributed by atoms with Gasteiger partial charge in [0, 0.05) is 48.8 Å². The van der Waals surface area contributed by atoms with Crippen LogP contribution in [0.1, 0.15) is 51.9 Å². The first-order chi connectivity index (χ1) is 23.0. The van der Waals surface area contributed by atoms with Crippen molar-refractivity contribution in [1.29, 1.82) is 0 Å². The van der Waals surface area contributed by atoms with Crippen molar-refractivity contribution in [2.24, 2.45) is 0 Å². The van der Waals surface area contributed by atoms with Crippen molar-refractivity contribution in [1.82, 2.24) is 25.3 Å². The summed E-state index contributed by atoms with van der Waals surface area (Å²) in [6.45, 7) is 3.74. The van der Waals surface area contributed by atoms with Crippen molar-refractivity contribution in [3.63, 3.8) is 0 Å². The summed E-state index contributed by atoms with van der Waals surface area (Å²) < 4.78 is 42.1. The van der Waals surface area contributed by atoms with E-state index in [1.54, 1.807) is 17.8 Å². The standard InChI is InChI=1S/C36H35F3N6O3/c1-3-44-34-29(21-41-45(34)28-15-5-4-6-16-28)30(31(35(44)48)42-33(47)25-12-8-14-27(19-25)36(37,38)39)24-11-7-10-23(18-24)20-40-32(46)26-13-9-17-43(2)22-26/h4-8,10-16,18-19,21,30-31H,3,9,17,20,22H2,1-2H3,(H,40,46)(H,42,47)/t30-,31+/m1/s1. The van der Waals surface area contributed by atoms with Crippen molar-refractivity contribution in [3.8, 4) is 5.69 Å². The number of hydrogen-bond donors (Lipinski definition) is 2. The Hall–Kier alpha value is -5.23. The van der Waals surface area contributed by atoms with Crippen LogP contribution in [-0.4, -0.2) is 65.1 Å². The van der Waals surface area contributed by atoms with Gasteiger partial charge in [0.1, 0.15) is 11.9 Å². The Morgan fingerprint density at radius 2 is 1.75 bits per heavy atom. The van der Waals surface area contributed by atoms with Crippen LogP contribution >= 0.6 is 0 Å². The molecule has 3 heterocycles. The molecule has 2 atom stereocenters. The number of alkyl halides is 3. The molecule has 12 heteroatoms. The summed E-state index contributed by atoms with van der Waals surface area (Å²) >= 11 is 0. The fourth-order valence-corrected chi connectivity index (χ4v) is 6.33. The third kappa shape index (κ3) is 6.61. The predicted octanol–water partition coefficient (Wildman–Crippen LogP) is 5.07. The Balaban J connectivity index is 1.38. The van der Waals surface area contributed by atoms with E-state index in [2.05, 4.69) is 20.6 Å². The van der Waals surface area contributed by atoms with Gasteiger partial charge in [0.05, 0.1) is 17.4 Å². The number of carbonyl (C=O) groups excluding carboxylic acids is 3. The molecule has 4 aromatic rings. The van der Waals surface area contributed by atoms with Crippen molar-refractivity contribution < 1.29 is 27.6 Å². The normalized spacial score (nSPS) is 18.2. The van der Waals surface area contributed by atoms with Gasteiger partial charge in [0.15, 0.2) is 0 Å². The zero-order chi connectivity index (χ0) is 34.0. The van der Waals surface area contributed by atoms with E-state index in [1.165, 1.54) is 11.0 Å². The Labute approximate surface area is 276 Å². The molecule has 9 nitrogen and oxygen atoms in total. The number of hydrogen-bond acceptors (Lipinski definition) is 5. The van der Waals surface area contributed by atoms with Gasteiger partial charge in [-0.1, -0.05) is 54.6 Å². The van der Waals surface area contributed by atoms with Crippen LogP contribution in [0.2, 0.25) is 0 Å². The molecule has 3 amide bonds. The lowest BCUT2D eigenvalue weighted by Gasteiger charge is -2.38. The number of para-hydroxylation sites is 1. The number of carbonyl (C=O) groups is 3. The number of halogens is 3. The molecule has 2 aliphatic heterocycles. The lowest BCUT2D eigenvalue weighted by molar-refractivity contribution is -0.137. The quantitative estimate of drug-likeness (QED) is 0.276. The van der Waals surface area contributed by atoms with Crippen LogP contribution in [0.4, 0.5) is 19.0 Å². The number of likely N-dealkylation sites (N-methyl/N-ethyl adjacent to an activating group) is 2. The van der Waals surface area contributed by atoms with Crippen LogP contribution in [-0.2, 0) is 22.3 Å². The second-order valence-corrected chi connectivity index (χ2v) is 11.9. The lowest BCUT2D eigenvalue weighted by Crippen LogP contribution is -2.55. The molecule has 0 bridgehead atoms. The van der Waals surface area contributed by atoms with E-state index in [-0.39, 0.29) is 24.6 Å². The van der Waals surface area contributed by atoms with Crippen LogP contribution in [0.5, 0.6) is 0 Å². The van der Waals surface area contributed by atoms with Gasteiger partial charge in [-0.15, -0.1) is 0 Å². The fraction of sp³-hybridized carbons (Fsp3) is 0.278. The summed E-state index contributed by atoms with van der Waals surface area (Å²) in [4.78, 5) is 44.4. The van der Waals surface area contributed by atoms with Gasteiger partial charge in [-0.05, 0) is 61.9 Å². The minimum absolute atomic E-state index is 0.156. The number of amides is 3. The molecule has 3 aromatic carbocycles. The van der Waals surface area contributed by atoms with Crippen LogP contribution in [0.15, 0.2) is 96.7 Å². The van der Waals surface area contributed by atoms with Crippen molar-refractivity contribution in [2.45, 2.75) is 38.0 Å². The summed E-state index contributed by atoms with van der Waals surface area (Å²) in [5.74, 6) is -1.60. The van der Waals surface area contributed by atoms with Gasteiger partial charge in [-0.25, -0.2) is 4.68 Å². The monoisotopic (exact) mass is 656 g/mol. The summed E-state index contributed by atoms with van der Waals surface area (Å²) in [6.07, 6.45) is -0.237. The number of aromatic nitrogens is 2. The number of benzene rings is 3. The van der Waals surface area contributed by atoms with Crippen molar-refractivity contribution in [2.75, 3.05) is 31.6 Å². The predicted molar refractivity (Wildman–Crippen MR) is 175 cm³/mol. The number of rotatable bonds is 8. The molecule has 0 spiro atoms. The Bertz CT molecular complexity index is 1870. The first kappa shape index (κ1) is 32.7. The average Bonchev–Trinajstić information content (AvgIpc) is 3.52.